The Morgan fingerprint density at radius 1 is 1.40 bits per heavy atom. The Morgan fingerprint density at radius 3 is 3.07 bits per heavy atom. The zero-order chi connectivity index (χ0) is 10.3. The van der Waals surface area contributed by atoms with Crippen LogP contribution in [0.3, 0.4) is 0 Å². The van der Waals surface area contributed by atoms with E-state index in [-0.39, 0.29) is 6.04 Å². The van der Waals surface area contributed by atoms with Crippen LogP contribution in [0.2, 0.25) is 0 Å². The molecule has 3 nitrogen and oxygen atoms in total. The first kappa shape index (κ1) is 9.45. The zero-order valence-corrected chi connectivity index (χ0v) is 9.77. The van der Waals surface area contributed by atoms with E-state index in [1.54, 1.807) is 22.7 Å². The van der Waals surface area contributed by atoms with Crippen LogP contribution in [0.25, 0.3) is 0 Å². The molecule has 2 aromatic heterocycles. The molecule has 2 N–H and O–H groups in total. The molecule has 0 aliphatic heterocycles. The molecule has 1 unspecified atom stereocenters. The van der Waals surface area contributed by atoms with Crippen LogP contribution in [-0.4, -0.2) is 9.97 Å². The fourth-order valence-electron chi connectivity index (χ4n) is 1.85. The van der Waals surface area contributed by atoms with Crippen molar-refractivity contribution in [3.05, 3.63) is 32.2 Å². The van der Waals surface area contributed by atoms with Gasteiger partial charge in [0.05, 0.1) is 16.9 Å². The first-order valence-corrected chi connectivity index (χ1v) is 6.72. The Balaban J connectivity index is 1.93. The van der Waals surface area contributed by atoms with Crippen molar-refractivity contribution in [2.45, 2.75) is 25.3 Å². The molecule has 0 radical (unpaired) electrons. The number of hydrogen-bond donors (Lipinski definition) is 1. The van der Waals surface area contributed by atoms with Crippen LogP contribution in [0, 0.1) is 0 Å². The standard InChI is InChI=1S/C10H11N3S2/c11-9(7-4-14-5-12-7)10-13-6-2-1-3-8(6)15-10/h4-5,9H,1-3,11H2. The summed E-state index contributed by atoms with van der Waals surface area (Å²) in [4.78, 5) is 10.3. The van der Waals surface area contributed by atoms with Gasteiger partial charge in [-0.1, -0.05) is 0 Å². The van der Waals surface area contributed by atoms with Gasteiger partial charge in [0.1, 0.15) is 11.0 Å². The smallest absolute Gasteiger partial charge is 0.116 e. The molecule has 0 amide bonds. The van der Waals surface area contributed by atoms with Gasteiger partial charge in [-0.3, -0.25) is 0 Å². The largest absolute Gasteiger partial charge is 0.317 e. The van der Waals surface area contributed by atoms with E-state index in [1.165, 1.54) is 23.4 Å². The normalized spacial score (nSPS) is 16.6. The minimum absolute atomic E-state index is 0.133. The summed E-state index contributed by atoms with van der Waals surface area (Å²) in [6.07, 6.45) is 3.55. The second-order valence-electron chi connectivity index (χ2n) is 3.67. The number of nitrogens with two attached hydrogens (primary N) is 1. The highest BCUT2D eigenvalue weighted by molar-refractivity contribution is 7.12. The lowest BCUT2D eigenvalue weighted by Crippen LogP contribution is -2.11. The van der Waals surface area contributed by atoms with Gasteiger partial charge in [0, 0.05) is 10.3 Å². The van der Waals surface area contributed by atoms with Crippen LogP contribution < -0.4 is 5.73 Å². The number of thiazole rings is 2. The van der Waals surface area contributed by atoms with Crippen molar-refractivity contribution in [3.8, 4) is 0 Å². The maximum absolute atomic E-state index is 6.11. The fourth-order valence-corrected chi connectivity index (χ4v) is 3.60. The van der Waals surface area contributed by atoms with Gasteiger partial charge in [-0.15, -0.1) is 22.7 Å². The van der Waals surface area contributed by atoms with Crippen molar-refractivity contribution >= 4 is 22.7 Å². The van der Waals surface area contributed by atoms with E-state index in [9.17, 15) is 0 Å². The van der Waals surface area contributed by atoms with Crippen molar-refractivity contribution in [2.75, 3.05) is 0 Å². The topological polar surface area (TPSA) is 51.8 Å². The minimum Gasteiger partial charge on any atom is -0.317 e. The molecule has 0 bridgehead atoms. The molecule has 0 saturated carbocycles. The molecule has 15 heavy (non-hydrogen) atoms. The molecule has 0 fully saturated rings. The summed E-state index contributed by atoms with van der Waals surface area (Å²) < 4.78 is 0. The minimum atomic E-state index is -0.133. The summed E-state index contributed by atoms with van der Waals surface area (Å²) in [7, 11) is 0. The van der Waals surface area contributed by atoms with E-state index in [0.29, 0.717) is 0 Å². The number of aryl methyl sites for hydroxylation is 2. The summed E-state index contributed by atoms with van der Waals surface area (Å²) in [5, 5.41) is 3.02. The van der Waals surface area contributed by atoms with Crippen LogP contribution in [0.15, 0.2) is 10.9 Å². The number of aromatic nitrogens is 2. The predicted octanol–water partition coefficient (Wildman–Crippen LogP) is 2.14. The van der Waals surface area contributed by atoms with Crippen molar-refractivity contribution < 1.29 is 0 Å². The summed E-state index contributed by atoms with van der Waals surface area (Å²) in [5.41, 5.74) is 10.1. The quantitative estimate of drug-likeness (QED) is 0.870. The van der Waals surface area contributed by atoms with Crippen molar-refractivity contribution in [1.29, 1.82) is 0 Å². The van der Waals surface area contributed by atoms with Gasteiger partial charge < -0.3 is 5.73 Å². The van der Waals surface area contributed by atoms with Crippen LogP contribution in [0.5, 0.6) is 0 Å². The third-order valence-corrected chi connectivity index (χ3v) is 4.49. The van der Waals surface area contributed by atoms with Crippen molar-refractivity contribution in [3.63, 3.8) is 0 Å². The molecule has 1 atom stereocenters. The predicted molar refractivity (Wildman–Crippen MR) is 62.3 cm³/mol. The molecule has 0 saturated heterocycles. The van der Waals surface area contributed by atoms with E-state index < -0.39 is 0 Å². The molecule has 0 spiro atoms. The lowest BCUT2D eigenvalue weighted by Gasteiger charge is -2.03. The van der Waals surface area contributed by atoms with Crippen LogP contribution >= 0.6 is 22.7 Å². The van der Waals surface area contributed by atoms with Gasteiger partial charge in [-0.2, -0.15) is 0 Å². The summed E-state index contributed by atoms with van der Waals surface area (Å²) in [6, 6.07) is -0.133. The summed E-state index contributed by atoms with van der Waals surface area (Å²) in [6.45, 7) is 0. The van der Waals surface area contributed by atoms with Crippen molar-refractivity contribution in [2.24, 2.45) is 5.73 Å². The summed E-state index contributed by atoms with van der Waals surface area (Å²) in [5.74, 6) is 0. The molecule has 78 valence electrons. The molecule has 0 aromatic carbocycles. The molecule has 1 aliphatic carbocycles. The lowest BCUT2D eigenvalue weighted by atomic mass is 10.2. The fraction of sp³-hybridized carbons (Fsp3) is 0.400. The van der Waals surface area contributed by atoms with Crippen LogP contribution in [-0.2, 0) is 12.8 Å². The summed E-state index contributed by atoms with van der Waals surface area (Å²) >= 11 is 3.34. The average Bonchev–Trinajstić information content (AvgIpc) is 2.92. The third kappa shape index (κ3) is 1.60. The Bertz CT molecular complexity index is 439. The molecular formula is C10H11N3S2. The van der Waals surface area contributed by atoms with Gasteiger partial charge in [0.15, 0.2) is 0 Å². The molecule has 1 aliphatic rings. The number of rotatable bonds is 2. The van der Waals surface area contributed by atoms with Crippen LogP contribution in [0.4, 0.5) is 0 Å². The van der Waals surface area contributed by atoms with E-state index >= 15 is 0 Å². The van der Waals surface area contributed by atoms with E-state index in [2.05, 4.69) is 9.97 Å². The molecule has 2 aromatic rings. The third-order valence-electron chi connectivity index (χ3n) is 2.65. The first-order valence-electron chi connectivity index (χ1n) is 4.97. The van der Waals surface area contributed by atoms with Crippen molar-refractivity contribution in [1.82, 2.24) is 9.97 Å². The zero-order valence-electron chi connectivity index (χ0n) is 8.14. The van der Waals surface area contributed by atoms with E-state index in [1.807, 2.05) is 10.9 Å². The number of fused-ring (bicyclic) bond motifs is 1. The first-order chi connectivity index (χ1) is 7.34. The Labute approximate surface area is 96.0 Å². The number of nitrogens with zero attached hydrogens (tertiary/aromatic N) is 2. The second-order valence-corrected chi connectivity index (χ2v) is 5.50. The van der Waals surface area contributed by atoms with Gasteiger partial charge in [0.25, 0.3) is 0 Å². The molecule has 2 heterocycles. The van der Waals surface area contributed by atoms with Gasteiger partial charge in [-0.05, 0) is 19.3 Å². The highest BCUT2D eigenvalue weighted by Gasteiger charge is 2.21. The lowest BCUT2D eigenvalue weighted by molar-refractivity contribution is 0.812. The highest BCUT2D eigenvalue weighted by atomic mass is 32.1. The maximum Gasteiger partial charge on any atom is 0.116 e. The Morgan fingerprint density at radius 2 is 2.33 bits per heavy atom. The monoisotopic (exact) mass is 237 g/mol. The highest BCUT2D eigenvalue weighted by Crippen LogP contribution is 2.31. The SMILES string of the molecule is NC(c1cscn1)c1nc2c(s1)CCC2. The van der Waals surface area contributed by atoms with E-state index in [0.717, 1.165) is 17.1 Å². The molecule has 3 rings (SSSR count). The molecule has 5 heteroatoms. The Kier molecular flexibility index (Phi) is 2.31. The van der Waals surface area contributed by atoms with Gasteiger partial charge >= 0.3 is 0 Å². The second kappa shape index (κ2) is 3.66. The average molecular weight is 237 g/mol. The van der Waals surface area contributed by atoms with Crippen LogP contribution in [0.1, 0.15) is 33.7 Å². The van der Waals surface area contributed by atoms with Gasteiger partial charge in [-0.25, -0.2) is 9.97 Å². The Hall–Kier alpha value is -0.780. The van der Waals surface area contributed by atoms with E-state index in [4.69, 9.17) is 5.73 Å². The number of hydrogen-bond acceptors (Lipinski definition) is 5. The maximum atomic E-state index is 6.11. The van der Waals surface area contributed by atoms with Gasteiger partial charge in [0.2, 0.25) is 0 Å². The molecular weight excluding hydrogens is 226 g/mol.